The molecule has 27 heavy (non-hydrogen) atoms. The Labute approximate surface area is 158 Å². The summed E-state index contributed by atoms with van der Waals surface area (Å²) in [5.74, 6) is 0. The van der Waals surface area contributed by atoms with Crippen LogP contribution in [0.5, 0.6) is 0 Å². The highest BCUT2D eigenvalue weighted by Gasteiger charge is 2.34. The van der Waals surface area contributed by atoms with Crippen molar-refractivity contribution in [3.63, 3.8) is 0 Å². The molecular weight excluding hydrogens is 366 g/mol. The summed E-state index contributed by atoms with van der Waals surface area (Å²) in [6.07, 6.45) is 2.13. The molecular formula is C19H21N3O4S. The van der Waals surface area contributed by atoms with Gasteiger partial charge in [0, 0.05) is 44.4 Å². The molecule has 142 valence electrons. The summed E-state index contributed by atoms with van der Waals surface area (Å²) in [7, 11) is -3.72. The quantitative estimate of drug-likeness (QED) is 0.595. The topological polar surface area (TPSA) is 83.8 Å². The van der Waals surface area contributed by atoms with Gasteiger partial charge < -0.3 is 0 Å². The molecule has 4 rings (SSSR count). The van der Waals surface area contributed by atoms with Gasteiger partial charge in [-0.2, -0.15) is 4.31 Å². The Kier molecular flexibility index (Phi) is 4.71. The lowest BCUT2D eigenvalue weighted by Gasteiger charge is -2.37. The predicted octanol–water partition coefficient (Wildman–Crippen LogP) is 2.59. The van der Waals surface area contributed by atoms with Gasteiger partial charge in [0.05, 0.1) is 9.82 Å². The number of fused-ring (bicyclic) bond motifs is 1. The van der Waals surface area contributed by atoms with E-state index in [9.17, 15) is 18.5 Å². The van der Waals surface area contributed by atoms with Crippen molar-refractivity contribution in [2.75, 3.05) is 26.2 Å². The molecule has 0 aromatic heterocycles. The molecule has 1 saturated heterocycles. The number of non-ortho nitro benzene ring substituents is 1. The fourth-order valence-corrected chi connectivity index (χ4v) is 5.54. The van der Waals surface area contributed by atoms with Crippen LogP contribution in [0.3, 0.4) is 0 Å². The third kappa shape index (κ3) is 3.36. The first-order chi connectivity index (χ1) is 13.0. The number of hydrogen-bond acceptors (Lipinski definition) is 5. The van der Waals surface area contributed by atoms with E-state index >= 15 is 0 Å². The van der Waals surface area contributed by atoms with E-state index in [0.29, 0.717) is 32.2 Å². The lowest BCUT2D eigenvalue weighted by molar-refractivity contribution is -0.385. The number of aryl methyl sites for hydroxylation is 1. The number of nitro benzene ring substituents is 1. The lowest BCUT2D eigenvalue weighted by atomic mass is 10.1. The number of nitro groups is 1. The van der Waals surface area contributed by atoms with Crippen molar-refractivity contribution in [1.29, 1.82) is 0 Å². The minimum absolute atomic E-state index is 0.0173. The first-order valence-electron chi connectivity index (χ1n) is 9.03. The van der Waals surface area contributed by atoms with Crippen LogP contribution in [-0.2, 0) is 16.4 Å². The summed E-state index contributed by atoms with van der Waals surface area (Å²) in [6, 6.07) is 14.1. The van der Waals surface area contributed by atoms with E-state index in [4.69, 9.17) is 0 Å². The van der Waals surface area contributed by atoms with Gasteiger partial charge in [0.25, 0.3) is 5.69 Å². The molecule has 0 amide bonds. The van der Waals surface area contributed by atoms with Gasteiger partial charge in [-0.15, -0.1) is 0 Å². The second kappa shape index (κ2) is 7.03. The van der Waals surface area contributed by atoms with Gasteiger partial charge in [-0.1, -0.05) is 30.3 Å². The predicted molar refractivity (Wildman–Crippen MR) is 101 cm³/mol. The molecule has 0 bridgehead atoms. The summed E-state index contributed by atoms with van der Waals surface area (Å²) in [5.41, 5.74) is 2.53. The van der Waals surface area contributed by atoms with E-state index < -0.39 is 14.9 Å². The third-order valence-corrected chi connectivity index (χ3v) is 7.38. The fraction of sp³-hybridized carbons (Fsp3) is 0.368. The van der Waals surface area contributed by atoms with Crippen molar-refractivity contribution >= 4 is 15.7 Å². The zero-order valence-corrected chi connectivity index (χ0v) is 15.6. The lowest BCUT2D eigenvalue weighted by Crippen LogP contribution is -2.49. The monoisotopic (exact) mass is 387 g/mol. The molecule has 2 aromatic rings. The average molecular weight is 387 g/mol. The second-order valence-electron chi connectivity index (χ2n) is 6.95. The molecule has 1 atom stereocenters. The zero-order valence-electron chi connectivity index (χ0n) is 14.8. The molecule has 1 aliphatic carbocycles. The molecule has 8 heteroatoms. The van der Waals surface area contributed by atoms with Crippen molar-refractivity contribution in [2.24, 2.45) is 0 Å². The van der Waals surface area contributed by atoms with Crippen molar-refractivity contribution in [3.05, 3.63) is 69.8 Å². The Morgan fingerprint density at radius 3 is 2.48 bits per heavy atom. The van der Waals surface area contributed by atoms with Crippen LogP contribution in [0.1, 0.15) is 23.6 Å². The highest BCUT2D eigenvalue weighted by molar-refractivity contribution is 7.89. The molecule has 0 saturated carbocycles. The first-order valence-corrected chi connectivity index (χ1v) is 10.5. The Hall–Kier alpha value is -2.29. The van der Waals surface area contributed by atoms with Crippen molar-refractivity contribution in [1.82, 2.24) is 9.21 Å². The molecule has 7 nitrogen and oxygen atoms in total. The van der Waals surface area contributed by atoms with E-state index in [0.717, 1.165) is 18.9 Å². The van der Waals surface area contributed by atoms with Crippen molar-refractivity contribution in [3.8, 4) is 0 Å². The van der Waals surface area contributed by atoms with E-state index in [1.165, 1.54) is 33.6 Å². The molecule has 0 N–H and O–H groups in total. The number of sulfonamides is 1. The molecule has 1 unspecified atom stereocenters. The number of benzene rings is 2. The minimum Gasteiger partial charge on any atom is -0.294 e. The zero-order chi connectivity index (χ0) is 19.0. The largest absolute Gasteiger partial charge is 0.294 e. The SMILES string of the molecule is O=[N+]([O-])c1cccc(S(=O)(=O)N2CCN(C3CCc4ccccc43)CC2)c1. The van der Waals surface area contributed by atoms with Crippen LogP contribution in [0, 0.1) is 10.1 Å². The summed E-state index contributed by atoms with van der Waals surface area (Å²) in [5, 5.41) is 10.9. The van der Waals surface area contributed by atoms with E-state index in [2.05, 4.69) is 29.2 Å². The maximum absolute atomic E-state index is 12.9. The smallest absolute Gasteiger partial charge is 0.270 e. The first kappa shape index (κ1) is 18.1. The average Bonchev–Trinajstić information content (AvgIpc) is 3.12. The Morgan fingerprint density at radius 2 is 1.74 bits per heavy atom. The summed E-state index contributed by atoms with van der Waals surface area (Å²) in [6.45, 7) is 2.10. The minimum atomic E-state index is -3.72. The second-order valence-corrected chi connectivity index (χ2v) is 8.89. The van der Waals surface area contributed by atoms with Gasteiger partial charge in [-0.25, -0.2) is 8.42 Å². The van der Waals surface area contributed by atoms with Crippen molar-refractivity contribution < 1.29 is 13.3 Å². The summed E-state index contributed by atoms with van der Waals surface area (Å²) >= 11 is 0. The number of nitrogens with zero attached hydrogens (tertiary/aromatic N) is 3. The Morgan fingerprint density at radius 1 is 1.00 bits per heavy atom. The van der Waals surface area contributed by atoms with Crippen LogP contribution >= 0.6 is 0 Å². The normalized spacial score (nSPS) is 21.1. The highest BCUT2D eigenvalue weighted by Crippen LogP contribution is 2.36. The van der Waals surface area contributed by atoms with Gasteiger partial charge >= 0.3 is 0 Å². The maximum atomic E-state index is 12.9. The number of hydrogen-bond donors (Lipinski definition) is 0. The molecule has 0 radical (unpaired) electrons. The molecule has 2 aliphatic rings. The van der Waals surface area contributed by atoms with Gasteiger partial charge in [0.1, 0.15) is 0 Å². The van der Waals surface area contributed by atoms with Crippen LogP contribution in [0.2, 0.25) is 0 Å². The van der Waals surface area contributed by atoms with Gasteiger partial charge in [0.2, 0.25) is 10.0 Å². The number of piperazine rings is 1. The van der Waals surface area contributed by atoms with Gasteiger partial charge in [0.15, 0.2) is 0 Å². The molecule has 0 spiro atoms. The van der Waals surface area contributed by atoms with E-state index in [1.807, 2.05) is 0 Å². The van der Waals surface area contributed by atoms with E-state index in [1.54, 1.807) is 0 Å². The number of rotatable bonds is 4. The van der Waals surface area contributed by atoms with Crippen LogP contribution < -0.4 is 0 Å². The maximum Gasteiger partial charge on any atom is 0.270 e. The van der Waals surface area contributed by atoms with Gasteiger partial charge in [-0.3, -0.25) is 15.0 Å². The molecule has 2 aromatic carbocycles. The van der Waals surface area contributed by atoms with E-state index in [-0.39, 0.29) is 10.6 Å². The Bertz CT molecular complexity index is 968. The molecule has 1 aliphatic heterocycles. The fourth-order valence-electron chi connectivity index (χ4n) is 4.08. The van der Waals surface area contributed by atoms with Gasteiger partial charge in [-0.05, 0) is 30.0 Å². The molecule has 1 heterocycles. The van der Waals surface area contributed by atoms with Crippen LogP contribution in [0.25, 0.3) is 0 Å². The Balaban J connectivity index is 1.48. The molecule has 1 fully saturated rings. The van der Waals surface area contributed by atoms with Crippen LogP contribution in [0.4, 0.5) is 5.69 Å². The summed E-state index contributed by atoms with van der Waals surface area (Å²) in [4.78, 5) is 12.7. The highest BCUT2D eigenvalue weighted by atomic mass is 32.2. The van der Waals surface area contributed by atoms with Crippen LogP contribution in [-0.4, -0.2) is 48.7 Å². The third-order valence-electron chi connectivity index (χ3n) is 5.48. The van der Waals surface area contributed by atoms with Crippen LogP contribution in [0.15, 0.2) is 53.4 Å². The standard InChI is InChI=1S/C19H21N3O4S/c23-22(24)16-5-3-6-17(14-16)27(25,26)21-12-10-20(11-13-21)19-9-8-15-4-1-2-7-18(15)19/h1-7,14,19H,8-13H2. The summed E-state index contributed by atoms with van der Waals surface area (Å²) < 4.78 is 27.2. The van der Waals surface area contributed by atoms with Crippen molar-refractivity contribution in [2.45, 2.75) is 23.8 Å².